The minimum absolute atomic E-state index is 0.301. The molecule has 1 fully saturated rings. The predicted octanol–water partition coefficient (Wildman–Crippen LogP) is 4.26. The van der Waals surface area contributed by atoms with Crippen LogP contribution in [0.1, 0.15) is 30.6 Å². The summed E-state index contributed by atoms with van der Waals surface area (Å²) < 4.78 is 16.5. The number of morpholine rings is 1. The quantitative estimate of drug-likeness (QED) is 0.670. The molecule has 0 atom stereocenters. The van der Waals surface area contributed by atoms with Gasteiger partial charge in [-0.1, -0.05) is 25.4 Å². The van der Waals surface area contributed by atoms with E-state index in [-0.39, 0.29) is 5.91 Å². The summed E-state index contributed by atoms with van der Waals surface area (Å²) in [6.45, 7) is 7.78. The van der Waals surface area contributed by atoms with Gasteiger partial charge in [0.25, 0.3) is 5.91 Å². The number of ether oxygens (including phenoxy) is 3. The van der Waals surface area contributed by atoms with Crippen LogP contribution in [0.5, 0.6) is 11.5 Å². The van der Waals surface area contributed by atoms with E-state index in [0.717, 1.165) is 25.3 Å². The van der Waals surface area contributed by atoms with Crippen LogP contribution in [0.3, 0.4) is 0 Å². The van der Waals surface area contributed by atoms with Crippen molar-refractivity contribution in [2.24, 2.45) is 5.92 Å². The van der Waals surface area contributed by atoms with Crippen molar-refractivity contribution in [2.75, 3.05) is 50.2 Å². The van der Waals surface area contributed by atoms with Crippen molar-refractivity contribution in [3.63, 3.8) is 0 Å². The molecule has 0 bridgehead atoms. The fraction of sp³-hybridized carbons (Fsp3) is 0.455. The van der Waals surface area contributed by atoms with E-state index in [4.69, 9.17) is 25.8 Å². The summed E-state index contributed by atoms with van der Waals surface area (Å²) in [6, 6.07) is 6.93. The smallest absolute Gasteiger partial charge is 0.255 e. The maximum Gasteiger partial charge on any atom is 0.255 e. The van der Waals surface area contributed by atoms with Gasteiger partial charge < -0.3 is 24.4 Å². The summed E-state index contributed by atoms with van der Waals surface area (Å²) in [5.74, 6) is 1.96. The van der Waals surface area contributed by atoms with Crippen molar-refractivity contribution in [1.82, 2.24) is 4.98 Å². The number of carbonyl (C=O) groups excluding carboxylic acids is 1. The Morgan fingerprint density at radius 1 is 1.30 bits per heavy atom. The van der Waals surface area contributed by atoms with Crippen LogP contribution in [-0.4, -0.2) is 50.9 Å². The average Bonchev–Trinajstić information content (AvgIpc) is 2.75. The Balaban J connectivity index is 1.67. The number of halogens is 1. The zero-order chi connectivity index (χ0) is 21.5. The van der Waals surface area contributed by atoms with E-state index in [1.165, 1.54) is 7.11 Å². The van der Waals surface area contributed by atoms with E-state index in [2.05, 4.69) is 29.0 Å². The fourth-order valence-corrected chi connectivity index (χ4v) is 3.30. The Bertz CT molecular complexity index is 852. The van der Waals surface area contributed by atoms with Crippen LogP contribution in [0.25, 0.3) is 0 Å². The van der Waals surface area contributed by atoms with Crippen molar-refractivity contribution < 1.29 is 19.0 Å². The molecule has 3 rings (SSSR count). The summed E-state index contributed by atoms with van der Waals surface area (Å²) in [4.78, 5) is 19.3. The van der Waals surface area contributed by atoms with Crippen molar-refractivity contribution in [3.05, 3.63) is 41.0 Å². The molecule has 1 aromatic carbocycles. The van der Waals surface area contributed by atoms with Gasteiger partial charge in [0, 0.05) is 18.7 Å². The third kappa shape index (κ3) is 5.77. The van der Waals surface area contributed by atoms with Crippen molar-refractivity contribution in [2.45, 2.75) is 20.3 Å². The van der Waals surface area contributed by atoms with Crippen LogP contribution in [0.15, 0.2) is 30.5 Å². The molecule has 1 N–H and O–H groups in total. The number of aromatic nitrogens is 1. The van der Waals surface area contributed by atoms with Gasteiger partial charge in [-0.2, -0.15) is 0 Å². The van der Waals surface area contributed by atoms with E-state index in [1.54, 1.807) is 18.3 Å². The highest BCUT2D eigenvalue weighted by molar-refractivity contribution is 6.32. The molecule has 0 spiro atoms. The minimum Gasteiger partial charge on any atom is -0.493 e. The highest BCUT2D eigenvalue weighted by atomic mass is 35.5. The van der Waals surface area contributed by atoms with Crippen LogP contribution in [0.4, 0.5) is 11.5 Å². The highest BCUT2D eigenvalue weighted by Gasteiger charge is 2.17. The molecular formula is C22H28ClN3O4. The van der Waals surface area contributed by atoms with Gasteiger partial charge in [-0.15, -0.1) is 0 Å². The van der Waals surface area contributed by atoms with E-state index in [1.807, 2.05) is 12.1 Å². The first-order valence-corrected chi connectivity index (χ1v) is 10.5. The molecule has 0 unspecified atom stereocenters. The van der Waals surface area contributed by atoms with Crippen molar-refractivity contribution in [1.29, 1.82) is 0 Å². The lowest BCUT2D eigenvalue weighted by molar-refractivity contribution is 0.102. The zero-order valence-corrected chi connectivity index (χ0v) is 18.4. The second-order valence-corrected chi connectivity index (χ2v) is 7.89. The molecule has 1 aliphatic heterocycles. The summed E-state index contributed by atoms with van der Waals surface area (Å²) in [5.41, 5.74) is 0.981. The van der Waals surface area contributed by atoms with Gasteiger partial charge >= 0.3 is 0 Å². The molecule has 2 aromatic rings. The van der Waals surface area contributed by atoms with E-state index in [0.29, 0.717) is 53.5 Å². The van der Waals surface area contributed by atoms with Crippen LogP contribution in [0.2, 0.25) is 5.02 Å². The molecule has 1 aliphatic rings. The Morgan fingerprint density at radius 3 is 2.70 bits per heavy atom. The minimum atomic E-state index is -0.301. The Kier molecular flexibility index (Phi) is 7.76. The van der Waals surface area contributed by atoms with Crippen LogP contribution < -0.4 is 19.7 Å². The molecule has 0 saturated carbocycles. The van der Waals surface area contributed by atoms with Gasteiger partial charge in [0.05, 0.1) is 43.8 Å². The van der Waals surface area contributed by atoms with Crippen LogP contribution in [0, 0.1) is 5.92 Å². The molecular weight excluding hydrogens is 406 g/mol. The standard InChI is InChI=1S/C22H28ClN3O4/c1-15(2)6-9-30-21-18(23)12-16(13-19(21)28-3)22(27)25-17-4-5-20(24-14-17)26-7-10-29-11-8-26/h4-5,12-15H,6-11H2,1-3H3,(H,25,27). The molecule has 1 amide bonds. The van der Waals surface area contributed by atoms with Crippen molar-refractivity contribution >= 4 is 29.0 Å². The number of hydrogen-bond donors (Lipinski definition) is 1. The Hall–Kier alpha value is -2.51. The van der Waals surface area contributed by atoms with Gasteiger partial charge in [-0.3, -0.25) is 4.79 Å². The third-order valence-electron chi connectivity index (χ3n) is 4.77. The lowest BCUT2D eigenvalue weighted by Crippen LogP contribution is -2.36. The monoisotopic (exact) mass is 433 g/mol. The summed E-state index contributed by atoms with van der Waals surface area (Å²) in [7, 11) is 1.52. The maximum absolute atomic E-state index is 12.7. The van der Waals surface area contributed by atoms with Gasteiger partial charge in [0.1, 0.15) is 5.82 Å². The molecule has 7 nitrogen and oxygen atoms in total. The molecule has 30 heavy (non-hydrogen) atoms. The van der Waals surface area contributed by atoms with E-state index < -0.39 is 0 Å². The fourth-order valence-electron chi connectivity index (χ4n) is 3.03. The largest absolute Gasteiger partial charge is 0.493 e. The summed E-state index contributed by atoms with van der Waals surface area (Å²) >= 11 is 6.37. The number of carbonyl (C=O) groups is 1. The first-order chi connectivity index (χ1) is 14.5. The van der Waals surface area contributed by atoms with Gasteiger partial charge in [-0.05, 0) is 36.6 Å². The maximum atomic E-state index is 12.7. The second-order valence-electron chi connectivity index (χ2n) is 7.48. The number of anilines is 2. The number of amides is 1. The molecule has 0 radical (unpaired) electrons. The van der Waals surface area contributed by atoms with Crippen LogP contribution >= 0.6 is 11.6 Å². The van der Waals surface area contributed by atoms with E-state index in [9.17, 15) is 4.79 Å². The van der Waals surface area contributed by atoms with Gasteiger partial charge in [0.15, 0.2) is 11.5 Å². The van der Waals surface area contributed by atoms with Crippen LogP contribution in [-0.2, 0) is 4.74 Å². The lowest BCUT2D eigenvalue weighted by atomic mass is 10.1. The number of hydrogen-bond acceptors (Lipinski definition) is 6. The first kappa shape index (κ1) is 22.2. The number of benzene rings is 1. The average molecular weight is 434 g/mol. The highest BCUT2D eigenvalue weighted by Crippen LogP contribution is 2.37. The van der Waals surface area contributed by atoms with Crippen molar-refractivity contribution in [3.8, 4) is 11.5 Å². The Morgan fingerprint density at radius 2 is 2.07 bits per heavy atom. The molecule has 2 heterocycles. The number of methoxy groups -OCH3 is 1. The van der Waals surface area contributed by atoms with Gasteiger partial charge in [0.2, 0.25) is 0 Å². The number of pyridine rings is 1. The molecule has 1 aromatic heterocycles. The first-order valence-electron chi connectivity index (χ1n) is 10.1. The predicted molar refractivity (Wildman–Crippen MR) is 118 cm³/mol. The number of nitrogens with zero attached hydrogens (tertiary/aromatic N) is 2. The molecule has 162 valence electrons. The molecule has 1 saturated heterocycles. The third-order valence-corrected chi connectivity index (χ3v) is 5.05. The number of rotatable bonds is 8. The second kappa shape index (κ2) is 10.5. The van der Waals surface area contributed by atoms with E-state index >= 15 is 0 Å². The topological polar surface area (TPSA) is 72.9 Å². The number of nitrogens with one attached hydrogen (secondary N) is 1. The normalized spacial score (nSPS) is 14.0. The summed E-state index contributed by atoms with van der Waals surface area (Å²) in [5, 5.41) is 3.18. The SMILES string of the molecule is COc1cc(C(=O)Nc2ccc(N3CCOCC3)nc2)cc(Cl)c1OCCC(C)C. The molecule has 8 heteroatoms. The lowest BCUT2D eigenvalue weighted by Gasteiger charge is -2.27. The zero-order valence-electron chi connectivity index (χ0n) is 17.6. The Labute approximate surface area is 182 Å². The molecule has 0 aliphatic carbocycles. The van der Waals surface area contributed by atoms with Gasteiger partial charge in [-0.25, -0.2) is 4.98 Å². The summed E-state index contributed by atoms with van der Waals surface area (Å²) in [6.07, 6.45) is 2.54.